The second-order valence-electron chi connectivity index (χ2n) is 6.55. The molecule has 11 nitrogen and oxygen atoms in total. The number of carbonyl (C=O) groups excluding carboxylic acids is 2. The van der Waals surface area contributed by atoms with E-state index < -0.39 is 12.9 Å². The van der Waals surface area contributed by atoms with E-state index in [9.17, 15) is 14.9 Å². The van der Waals surface area contributed by atoms with Gasteiger partial charge in [0, 0.05) is 29.3 Å². The van der Waals surface area contributed by atoms with Gasteiger partial charge in [0.25, 0.3) is 5.91 Å². The topological polar surface area (TPSA) is 146 Å². The lowest BCUT2D eigenvalue weighted by Crippen LogP contribution is -2.21. The lowest BCUT2D eigenvalue weighted by atomic mass is 10.2. The molecule has 0 saturated heterocycles. The number of pyridine rings is 1. The van der Waals surface area contributed by atoms with Gasteiger partial charge in [0.2, 0.25) is 5.91 Å². The molecule has 3 aromatic rings. The highest BCUT2D eigenvalue weighted by molar-refractivity contribution is 6.01. The molecule has 0 bridgehead atoms. The smallest absolute Gasteiger partial charge is 0.254 e. The van der Waals surface area contributed by atoms with Gasteiger partial charge in [-0.15, -0.1) is 0 Å². The number of nitrogens with zero attached hydrogens (tertiary/aromatic N) is 5. The first-order valence-electron chi connectivity index (χ1n) is 10.4. The molecule has 0 aliphatic heterocycles. The van der Waals surface area contributed by atoms with Crippen LogP contribution < -0.4 is 20.7 Å². The molecule has 1 fully saturated rings. The highest BCUT2D eigenvalue weighted by atomic mass is 16.5. The summed E-state index contributed by atoms with van der Waals surface area (Å²) in [5.74, 6) is -0.695. The number of fused-ring (bicyclic) bond motifs is 1. The van der Waals surface area contributed by atoms with Crippen molar-refractivity contribution in [1.82, 2.24) is 24.9 Å². The first kappa shape index (κ1) is 15.7. The third-order valence-electron chi connectivity index (χ3n) is 4.56. The van der Waals surface area contributed by atoms with Crippen molar-refractivity contribution in [2.45, 2.75) is 12.8 Å². The third kappa shape index (κ3) is 3.46. The standard InChI is InChI=1S/C19H18N8O3/c1-21-19(29)12-8-22-14(26-18(28)10-3-4-10)5-13(12)25-17-16(30-2)15-11(6-20)7-24-27(15)9-23-17/h5,7-10H,3-4H2,1-2H3,(H,21,29)(H2,22,25,26,28)/i1D3. The Labute approximate surface area is 175 Å². The summed E-state index contributed by atoms with van der Waals surface area (Å²) in [6.45, 7) is -2.72. The number of nitriles is 1. The molecule has 0 spiro atoms. The van der Waals surface area contributed by atoms with Crippen LogP contribution in [0.5, 0.6) is 5.75 Å². The van der Waals surface area contributed by atoms with Crippen molar-refractivity contribution in [3.63, 3.8) is 0 Å². The minimum absolute atomic E-state index is 0.0721. The second-order valence-corrected chi connectivity index (χ2v) is 6.55. The van der Waals surface area contributed by atoms with Gasteiger partial charge in [0.05, 0.1) is 24.6 Å². The van der Waals surface area contributed by atoms with Crippen LogP contribution in [0, 0.1) is 17.2 Å². The number of amides is 2. The van der Waals surface area contributed by atoms with Crippen molar-refractivity contribution in [3.8, 4) is 11.8 Å². The zero-order valence-corrected chi connectivity index (χ0v) is 15.8. The SMILES string of the molecule is [2H]C([2H])([2H])NC(=O)c1cnc(NC(=O)C2CC2)cc1Nc1ncn2ncc(C#N)c2c1OC. The molecule has 0 aromatic carbocycles. The maximum Gasteiger partial charge on any atom is 0.254 e. The van der Waals surface area contributed by atoms with Gasteiger partial charge in [-0.3, -0.25) is 9.59 Å². The zero-order valence-electron chi connectivity index (χ0n) is 18.8. The van der Waals surface area contributed by atoms with Crippen molar-refractivity contribution in [2.24, 2.45) is 5.92 Å². The molecule has 1 saturated carbocycles. The third-order valence-corrected chi connectivity index (χ3v) is 4.56. The first-order chi connectivity index (χ1) is 15.7. The van der Waals surface area contributed by atoms with Crippen molar-refractivity contribution in [1.29, 1.82) is 5.26 Å². The van der Waals surface area contributed by atoms with E-state index in [1.54, 1.807) is 0 Å². The van der Waals surface area contributed by atoms with Gasteiger partial charge in [0.1, 0.15) is 29.3 Å². The van der Waals surface area contributed by atoms with Crippen molar-refractivity contribution in [3.05, 3.63) is 35.9 Å². The Morgan fingerprint density at radius 3 is 2.90 bits per heavy atom. The monoisotopic (exact) mass is 409 g/mol. The summed E-state index contributed by atoms with van der Waals surface area (Å²) in [5.41, 5.74) is 0.603. The fraction of sp³-hybridized carbons (Fsp3) is 0.263. The van der Waals surface area contributed by atoms with E-state index in [0.717, 1.165) is 19.0 Å². The van der Waals surface area contributed by atoms with Crippen LogP contribution in [0.25, 0.3) is 5.52 Å². The van der Waals surface area contributed by atoms with Crippen molar-refractivity contribution >= 4 is 34.7 Å². The average Bonchev–Trinajstić information content (AvgIpc) is 3.52. The van der Waals surface area contributed by atoms with E-state index in [4.69, 9.17) is 8.85 Å². The van der Waals surface area contributed by atoms with Crippen LogP contribution in [0.15, 0.2) is 24.8 Å². The molecule has 152 valence electrons. The minimum Gasteiger partial charge on any atom is -0.491 e. The lowest BCUT2D eigenvalue weighted by molar-refractivity contribution is -0.117. The Balaban J connectivity index is 1.76. The summed E-state index contributed by atoms with van der Waals surface area (Å²) >= 11 is 0. The van der Waals surface area contributed by atoms with Crippen LogP contribution in [0.3, 0.4) is 0 Å². The number of carbonyl (C=O) groups is 2. The van der Waals surface area contributed by atoms with Crippen LogP contribution in [0.1, 0.15) is 32.9 Å². The molecule has 3 heterocycles. The van der Waals surface area contributed by atoms with E-state index in [2.05, 4.69) is 25.7 Å². The predicted octanol–water partition coefficient (Wildman–Crippen LogP) is 1.46. The van der Waals surface area contributed by atoms with E-state index in [-0.39, 0.29) is 46.0 Å². The van der Waals surface area contributed by atoms with E-state index in [0.29, 0.717) is 5.52 Å². The lowest BCUT2D eigenvalue weighted by Gasteiger charge is -2.15. The Bertz CT molecular complexity index is 1290. The van der Waals surface area contributed by atoms with E-state index in [1.807, 2.05) is 11.4 Å². The van der Waals surface area contributed by atoms with Gasteiger partial charge < -0.3 is 20.7 Å². The van der Waals surface area contributed by atoms with Gasteiger partial charge in [-0.2, -0.15) is 10.4 Å². The number of hydrogen-bond acceptors (Lipinski definition) is 8. The molecule has 3 aromatic heterocycles. The first-order valence-corrected chi connectivity index (χ1v) is 8.91. The Kier molecular flexibility index (Phi) is 4.01. The molecule has 4 rings (SSSR count). The highest BCUT2D eigenvalue weighted by Gasteiger charge is 2.30. The summed E-state index contributed by atoms with van der Waals surface area (Å²) in [7, 11) is 1.38. The van der Waals surface area contributed by atoms with Crippen molar-refractivity contribution < 1.29 is 18.4 Å². The molecule has 2 amide bonds. The number of rotatable bonds is 6. The van der Waals surface area contributed by atoms with Gasteiger partial charge in [-0.1, -0.05) is 0 Å². The number of nitrogens with one attached hydrogen (secondary N) is 3. The molecule has 0 unspecified atom stereocenters. The largest absolute Gasteiger partial charge is 0.491 e. The average molecular weight is 409 g/mol. The molecule has 1 aliphatic rings. The van der Waals surface area contributed by atoms with Gasteiger partial charge in [-0.05, 0) is 12.8 Å². The molecular formula is C19H18N8O3. The zero-order chi connectivity index (χ0) is 23.8. The van der Waals surface area contributed by atoms with Crippen LogP contribution >= 0.6 is 0 Å². The summed E-state index contributed by atoms with van der Waals surface area (Å²) in [6, 6.07) is 3.41. The number of hydrogen-bond donors (Lipinski definition) is 3. The van der Waals surface area contributed by atoms with Crippen LogP contribution in [0.4, 0.5) is 17.3 Å². The maximum absolute atomic E-state index is 12.6. The van der Waals surface area contributed by atoms with Gasteiger partial charge in [0.15, 0.2) is 11.6 Å². The Morgan fingerprint density at radius 1 is 1.37 bits per heavy atom. The normalized spacial score (nSPS) is 14.7. The highest BCUT2D eigenvalue weighted by Crippen LogP contribution is 2.34. The molecule has 30 heavy (non-hydrogen) atoms. The fourth-order valence-electron chi connectivity index (χ4n) is 2.90. The summed E-state index contributed by atoms with van der Waals surface area (Å²) < 4.78 is 28.7. The van der Waals surface area contributed by atoms with E-state index in [1.165, 1.54) is 30.2 Å². The maximum atomic E-state index is 12.6. The fourth-order valence-corrected chi connectivity index (χ4v) is 2.90. The van der Waals surface area contributed by atoms with Gasteiger partial charge in [-0.25, -0.2) is 14.5 Å². The summed E-state index contributed by atoms with van der Waals surface area (Å²) in [6.07, 6.45) is 5.44. The molecular weight excluding hydrogens is 388 g/mol. The molecule has 3 N–H and O–H groups in total. The molecule has 11 heteroatoms. The molecule has 0 atom stereocenters. The molecule has 1 aliphatic carbocycles. The number of anilines is 3. The summed E-state index contributed by atoms with van der Waals surface area (Å²) in [4.78, 5) is 33.0. The predicted molar refractivity (Wildman–Crippen MR) is 107 cm³/mol. The second kappa shape index (κ2) is 7.67. The number of aromatic nitrogens is 4. The van der Waals surface area contributed by atoms with Crippen LogP contribution in [-0.2, 0) is 4.79 Å². The number of methoxy groups -OCH3 is 1. The summed E-state index contributed by atoms with van der Waals surface area (Å²) in [5, 5.41) is 20.9. The number of ether oxygens (including phenoxy) is 1. The minimum atomic E-state index is -2.72. The van der Waals surface area contributed by atoms with Gasteiger partial charge >= 0.3 is 0 Å². The van der Waals surface area contributed by atoms with Crippen LogP contribution in [-0.4, -0.2) is 45.5 Å². The van der Waals surface area contributed by atoms with E-state index >= 15 is 0 Å². The quantitative estimate of drug-likeness (QED) is 0.554. The Morgan fingerprint density at radius 2 is 2.20 bits per heavy atom. The Hall–Kier alpha value is -4.20. The van der Waals surface area contributed by atoms with Crippen LogP contribution in [0.2, 0.25) is 0 Å². The molecule has 0 radical (unpaired) electrons. The van der Waals surface area contributed by atoms with Crippen molar-refractivity contribution in [2.75, 3.05) is 24.7 Å².